The lowest BCUT2D eigenvalue weighted by Gasteiger charge is -2.19. The van der Waals surface area contributed by atoms with Gasteiger partial charge in [0.2, 0.25) is 0 Å². The fourth-order valence-electron chi connectivity index (χ4n) is 2.26. The Labute approximate surface area is 161 Å². The van der Waals surface area contributed by atoms with Crippen molar-refractivity contribution in [2.45, 2.75) is 46.6 Å². The van der Waals surface area contributed by atoms with Gasteiger partial charge in [-0.15, -0.1) is 0 Å². The van der Waals surface area contributed by atoms with Crippen molar-refractivity contribution in [3.8, 4) is 5.75 Å². The van der Waals surface area contributed by atoms with E-state index in [0.717, 1.165) is 19.5 Å². The molecule has 0 saturated carbocycles. The first-order valence-electron chi connectivity index (χ1n) is 9.43. The summed E-state index contributed by atoms with van der Waals surface area (Å²) in [6, 6.07) is 4.73. The molecule has 0 fully saturated rings. The number of benzene rings is 1. The molecule has 0 heterocycles. The predicted octanol–water partition coefficient (Wildman–Crippen LogP) is 2.68. The second kappa shape index (κ2) is 10.9. The Balaban J connectivity index is 2.90. The van der Waals surface area contributed by atoms with Crippen molar-refractivity contribution in [2.75, 3.05) is 38.2 Å². The Morgan fingerprint density at radius 3 is 2.37 bits per heavy atom. The van der Waals surface area contributed by atoms with Crippen LogP contribution in [0.25, 0.3) is 0 Å². The van der Waals surface area contributed by atoms with E-state index < -0.39 is 17.5 Å². The monoisotopic (exact) mass is 380 g/mol. The molecular formula is C20H32N2O5. The largest absolute Gasteiger partial charge is 0.491 e. The number of nitrogens with zero attached hydrogens (tertiary/aromatic N) is 1. The highest BCUT2D eigenvalue weighted by atomic mass is 16.5. The van der Waals surface area contributed by atoms with Crippen molar-refractivity contribution in [1.29, 1.82) is 0 Å². The van der Waals surface area contributed by atoms with Crippen molar-refractivity contribution in [1.82, 2.24) is 4.90 Å². The van der Waals surface area contributed by atoms with Gasteiger partial charge in [-0.3, -0.25) is 4.79 Å². The molecular weight excluding hydrogens is 348 g/mol. The fraction of sp³-hybridized carbons (Fsp3) is 0.600. The van der Waals surface area contributed by atoms with Crippen molar-refractivity contribution in [2.24, 2.45) is 0 Å². The molecule has 0 unspecified atom stereocenters. The zero-order valence-corrected chi connectivity index (χ0v) is 17.0. The summed E-state index contributed by atoms with van der Waals surface area (Å²) in [5.41, 5.74) is -0.916. The van der Waals surface area contributed by atoms with E-state index in [1.54, 1.807) is 12.1 Å². The average molecular weight is 380 g/mol. The first kappa shape index (κ1) is 22.9. The third-order valence-electron chi connectivity index (χ3n) is 4.02. The van der Waals surface area contributed by atoms with Crippen molar-refractivity contribution in [3.63, 3.8) is 0 Å². The zero-order valence-electron chi connectivity index (χ0n) is 17.0. The number of rotatable bonds is 11. The molecule has 0 bridgehead atoms. The maximum atomic E-state index is 12.3. The zero-order chi connectivity index (χ0) is 20.4. The molecule has 1 aromatic carbocycles. The molecule has 0 aliphatic rings. The summed E-state index contributed by atoms with van der Waals surface area (Å²) >= 11 is 0. The molecule has 7 heteroatoms. The second-order valence-corrected chi connectivity index (χ2v) is 6.74. The maximum Gasteiger partial charge on any atom is 0.338 e. The summed E-state index contributed by atoms with van der Waals surface area (Å²) in [5, 5.41) is 12.5. The van der Waals surface area contributed by atoms with Gasteiger partial charge in [0.1, 0.15) is 18.0 Å². The predicted molar refractivity (Wildman–Crippen MR) is 105 cm³/mol. The number of amides is 1. The number of nitrogens with one attached hydrogen (secondary N) is 1. The first-order valence-corrected chi connectivity index (χ1v) is 9.43. The van der Waals surface area contributed by atoms with E-state index in [4.69, 9.17) is 9.47 Å². The van der Waals surface area contributed by atoms with Crippen LogP contribution in [-0.2, 0) is 9.53 Å². The topological polar surface area (TPSA) is 88.1 Å². The van der Waals surface area contributed by atoms with E-state index in [9.17, 15) is 14.7 Å². The SMILES string of the molecule is CCCOc1ccc(C(=O)OCCN(CC)CC)cc1NC(=O)C(C)(C)O. The van der Waals surface area contributed by atoms with Gasteiger partial charge in [0.15, 0.2) is 0 Å². The number of hydrogen-bond acceptors (Lipinski definition) is 6. The first-order chi connectivity index (χ1) is 12.7. The number of hydrogen-bond donors (Lipinski definition) is 2. The second-order valence-electron chi connectivity index (χ2n) is 6.74. The van der Waals surface area contributed by atoms with Gasteiger partial charge in [-0.25, -0.2) is 4.79 Å². The van der Waals surface area contributed by atoms with Gasteiger partial charge in [-0.1, -0.05) is 20.8 Å². The van der Waals surface area contributed by atoms with Gasteiger partial charge in [0, 0.05) is 6.54 Å². The van der Waals surface area contributed by atoms with Gasteiger partial charge in [-0.05, 0) is 51.6 Å². The van der Waals surface area contributed by atoms with E-state index in [1.807, 2.05) is 6.92 Å². The minimum absolute atomic E-state index is 0.292. The van der Waals surface area contributed by atoms with Gasteiger partial charge in [-0.2, -0.15) is 0 Å². The van der Waals surface area contributed by atoms with Crippen LogP contribution in [0.15, 0.2) is 18.2 Å². The molecule has 0 aliphatic carbocycles. The normalized spacial score (nSPS) is 11.4. The molecule has 1 rings (SSSR count). The number of carbonyl (C=O) groups is 2. The van der Waals surface area contributed by atoms with Crippen LogP contribution < -0.4 is 10.1 Å². The van der Waals surface area contributed by atoms with Crippen LogP contribution >= 0.6 is 0 Å². The molecule has 2 N–H and O–H groups in total. The third kappa shape index (κ3) is 7.56. The summed E-state index contributed by atoms with van der Waals surface area (Å²) in [6.07, 6.45) is 0.800. The van der Waals surface area contributed by atoms with E-state index >= 15 is 0 Å². The Kier molecular flexibility index (Phi) is 9.25. The van der Waals surface area contributed by atoms with Crippen molar-refractivity contribution in [3.05, 3.63) is 23.8 Å². The summed E-state index contributed by atoms with van der Waals surface area (Å²) in [6.45, 7) is 12.1. The Morgan fingerprint density at radius 2 is 1.81 bits per heavy atom. The lowest BCUT2D eigenvalue weighted by Crippen LogP contribution is -2.36. The van der Waals surface area contributed by atoms with Crippen LogP contribution in [0, 0.1) is 0 Å². The summed E-state index contributed by atoms with van der Waals surface area (Å²) < 4.78 is 10.9. The summed E-state index contributed by atoms with van der Waals surface area (Å²) in [5.74, 6) is -0.618. The number of ether oxygens (including phenoxy) is 2. The molecule has 0 aromatic heterocycles. The Morgan fingerprint density at radius 1 is 1.15 bits per heavy atom. The standard InChI is InChI=1S/C20H32N2O5/c1-6-12-26-17-10-9-15(14-16(17)21-19(24)20(4,5)25)18(23)27-13-11-22(7-2)8-3/h9-10,14,25H,6-8,11-13H2,1-5H3,(H,21,24). The van der Waals surface area contributed by atoms with Crippen LogP contribution in [-0.4, -0.2) is 60.3 Å². The minimum Gasteiger partial charge on any atom is -0.491 e. The number of likely N-dealkylation sites (N-methyl/N-ethyl adjacent to an activating group) is 1. The lowest BCUT2D eigenvalue weighted by atomic mass is 10.1. The molecule has 152 valence electrons. The average Bonchev–Trinajstić information content (AvgIpc) is 2.63. The highest BCUT2D eigenvalue weighted by molar-refractivity contribution is 5.99. The van der Waals surface area contributed by atoms with Crippen molar-refractivity contribution >= 4 is 17.6 Å². The quantitative estimate of drug-likeness (QED) is 0.574. The molecule has 0 radical (unpaired) electrons. The highest BCUT2D eigenvalue weighted by Gasteiger charge is 2.25. The third-order valence-corrected chi connectivity index (χ3v) is 4.02. The van der Waals surface area contributed by atoms with Gasteiger partial charge in [0.05, 0.1) is 17.9 Å². The van der Waals surface area contributed by atoms with Gasteiger partial charge >= 0.3 is 5.97 Å². The molecule has 27 heavy (non-hydrogen) atoms. The summed E-state index contributed by atoms with van der Waals surface area (Å²) in [4.78, 5) is 26.6. The smallest absolute Gasteiger partial charge is 0.338 e. The Bertz CT molecular complexity index is 621. The van der Waals surface area contributed by atoms with Crippen molar-refractivity contribution < 1.29 is 24.2 Å². The van der Waals surface area contributed by atoms with Crippen LogP contribution in [0.4, 0.5) is 5.69 Å². The molecule has 7 nitrogen and oxygen atoms in total. The van der Waals surface area contributed by atoms with Crippen LogP contribution in [0.5, 0.6) is 5.75 Å². The highest BCUT2D eigenvalue weighted by Crippen LogP contribution is 2.27. The van der Waals surface area contributed by atoms with E-state index in [0.29, 0.717) is 36.8 Å². The molecule has 0 spiro atoms. The fourth-order valence-corrected chi connectivity index (χ4v) is 2.26. The molecule has 1 amide bonds. The molecule has 0 saturated heterocycles. The van der Waals surface area contributed by atoms with Crippen LogP contribution in [0.2, 0.25) is 0 Å². The van der Waals surface area contributed by atoms with E-state index in [-0.39, 0.29) is 0 Å². The number of anilines is 1. The molecule has 1 aromatic rings. The Hall–Kier alpha value is -2.12. The van der Waals surface area contributed by atoms with Crippen LogP contribution in [0.1, 0.15) is 51.4 Å². The maximum absolute atomic E-state index is 12.3. The molecule has 0 atom stereocenters. The van der Waals surface area contributed by atoms with Gasteiger partial charge < -0.3 is 24.8 Å². The number of esters is 1. The van der Waals surface area contributed by atoms with Crippen LogP contribution in [0.3, 0.4) is 0 Å². The minimum atomic E-state index is -1.55. The van der Waals surface area contributed by atoms with E-state index in [2.05, 4.69) is 24.1 Å². The van der Waals surface area contributed by atoms with Gasteiger partial charge in [0.25, 0.3) is 5.91 Å². The van der Waals surface area contributed by atoms with E-state index in [1.165, 1.54) is 19.9 Å². The lowest BCUT2D eigenvalue weighted by molar-refractivity contribution is -0.130. The summed E-state index contributed by atoms with van der Waals surface area (Å²) in [7, 11) is 0. The molecule has 0 aliphatic heterocycles. The number of carbonyl (C=O) groups excluding carboxylic acids is 2. The number of aliphatic hydroxyl groups is 1.